The molecular formula is C11H23NO. The van der Waals surface area contributed by atoms with E-state index in [4.69, 9.17) is 0 Å². The van der Waals surface area contributed by atoms with Crippen LogP contribution in [0.5, 0.6) is 0 Å². The van der Waals surface area contributed by atoms with Crippen molar-refractivity contribution in [3.05, 3.63) is 0 Å². The number of nitrogens with zero attached hydrogens (tertiary/aromatic N) is 1. The number of aliphatic hydroxyl groups is 1. The molecule has 1 heterocycles. The van der Waals surface area contributed by atoms with Gasteiger partial charge in [0.1, 0.15) is 0 Å². The zero-order valence-corrected chi connectivity index (χ0v) is 9.16. The summed E-state index contributed by atoms with van der Waals surface area (Å²) < 4.78 is 0. The topological polar surface area (TPSA) is 23.5 Å². The first-order valence-corrected chi connectivity index (χ1v) is 5.59. The zero-order valence-electron chi connectivity index (χ0n) is 9.16. The largest absolute Gasteiger partial charge is 0.392 e. The molecule has 0 amide bonds. The molecule has 0 spiro atoms. The third-order valence-electron chi connectivity index (χ3n) is 2.99. The van der Waals surface area contributed by atoms with Crippen LogP contribution in [0, 0.1) is 0 Å². The molecule has 2 nitrogen and oxygen atoms in total. The molecule has 2 heteroatoms. The molecule has 0 radical (unpaired) electrons. The van der Waals surface area contributed by atoms with Crippen molar-refractivity contribution in [2.75, 3.05) is 6.54 Å². The Hall–Kier alpha value is -0.0800. The molecule has 0 aromatic heterocycles. The van der Waals surface area contributed by atoms with Crippen molar-refractivity contribution >= 4 is 0 Å². The van der Waals surface area contributed by atoms with Crippen LogP contribution in [-0.4, -0.2) is 34.7 Å². The first kappa shape index (κ1) is 11.0. The van der Waals surface area contributed by atoms with Gasteiger partial charge in [-0.25, -0.2) is 0 Å². The molecular weight excluding hydrogens is 162 g/mol. The fourth-order valence-electron chi connectivity index (χ4n) is 2.27. The summed E-state index contributed by atoms with van der Waals surface area (Å²) in [5.41, 5.74) is 0. The van der Waals surface area contributed by atoms with Gasteiger partial charge in [0.05, 0.1) is 6.10 Å². The van der Waals surface area contributed by atoms with Gasteiger partial charge in [0.2, 0.25) is 0 Å². The minimum absolute atomic E-state index is 0.0794. The molecule has 1 saturated heterocycles. The monoisotopic (exact) mass is 185 g/mol. The van der Waals surface area contributed by atoms with E-state index in [-0.39, 0.29) is 6.10 Å². The lowest BCUT2D eigenvalue weighted by Gasteiger charge is -2.27. The molecule has 0 aliphatic carbocycles. The minimum Gasteiger partial charge on any atom is -0.392 e. The first-order valence-electron chi connectivity index (χ1n) is 5.59. The van der Waals surface area contributed by atoms with Gasteiger partial charge in [0.25, 0.3) is 0 Å². The highest BCUT2D eigenvalue weighted by Crippen LogP contribution is 2.24. The second-order valence-electron chi connectivity index (χ2n) is 4.48. The maximum Gasteiger partial charge on any atom is 0.0682 e. The predicted octanol–water partition coefficient (Wildman–Crippen LogP) is 2.02. The Kier molecular flexibility index (Phi) is 4.20. The second kappa shape index (κ2) is 4.97. The van der Waals surface area contributed by atoms with Crippen LogP contribution in [0.4, 0.5) is 0 Å². The third-order valence-corrected chi connectivity index (χ3v) is 2.99. The van der Waals surface area contributed by atoms with Gasteiger partial charge in [0.15, 0.2) is 0 Å². The number of likely N-dealkylation sites (tertiary alicyclic amines) is 1. The summed E-state index contributed by atoms with van der Waals surface area (Å²) in [7, 11) is 0. The normalized spacial score (nSPS) is 30.2. The maximum atomic E-state index is 9.58. The average molecular weight is 185 g/mol. The summed E-state index contributed by atoms with van der Waals surface area (Å²) in [6.07, 6.45) is 4.72. The van der Waals surface area contributed by atoms with E-state index in [9.17, 15) is 5.11 Å². The highest BCUT2D eigenvalue weighted by atomic mass is 16.3. The SMILES string of the molecule is CCCC[C@H]1C[C@@H](O)CN1C(C)C. The van der Waals surface area contributed by atoms with Crippen molar-refractivity contribution in [3.8, 4) is 0 Å². The first-order chi connectivity index (χ1) is 6.15. The van der Waals surface area contributed by atoms with Crippen LogP contribution < -0.4 is 0 Å². The number of hydrogen-bond donors (Lipinski definition) is 1. The fourth-order valence-corrected chi connectivity index (χ4v) is 2.27. The summed E-state index contributed by atoms with van der Waals surface area (Å²) in [5, 5.41) is 9.58. The Morgan fingerprint density at radius 2 is 2.15 bits per heavy atom. The Balaban J connectivity index is 2.41. The van der Waals surface area contributed by atoms with Gasteiger partial charge in [-0.05, 0) is 26.7 Å². The molecule has 1 rings (SSSR count). The van der Waals surface area contributed by atoms with E-state index in [1.165, 1.54) is 19.3 Å². The van der Waals surface area contributed by atoms with Crippen molar-refractivity contribution in [2.24, 2.45) is 0 Å². The standard InChI is InChI=1S/C11H23NO/c1-4-5-6-10-7-11(13)8-12(10)9(2)3/h9-11,13H,4-8H2,1-3H3/t10-,11+/m0/s1. The van der Waals surface area contributed by atoms with Crippen molar-refractivity contribution in [1.82, 2.24) is 4.90 Å². The van der Waals surface area contributed by atoms with Gasteiger partial charge in [0, 0.05) is 18.6 Å². The third kappa shape index (κ3) is 2.96. The molecule has 13 heavy (non-hydrogen) atoms. The van der Waals surface area contributed by atoms with Gasteiger partial charge in [-0.15, -0.1) is 0 Å². The quantitative estimate of drug-likeness (QED) is 0.724. The molecule has 1 N–H and O–H groups in total. The van der Waals surface area contributed by atoms with E-state index in [2.05, 4.69) is 25.7 Å². The Morgan fingerprint density at radius 3 is 2.69 bits per heavy atom. The molecule has 1 fully saturated rings. The van der Waals surface area contributed by atoms with Crippen molar-refractivity contribution < 1.29 is 5.11 Å². The minimum atomic E-state index is -0.0794. The van der Waals surface area contributed by atoms with Crippen LogP contribution in [0.1, 0.15) is 46.5 Å². The molecule has 1 aliphatic heterocycles. The van der Waals surface area contributed by atoms with Crippen molar-refractivity contribution in [2.45, 2.75) is 64.6 Å². The molecule has 0 aromatic rings. The van der Waals surface area contributed by atoms with Gasteiger partial charge in [-0.1, -0.05) is 19.8 Å². The fraction of sp³-hybridized carbons (Fsp3) is 1.00. The van der Waals surface area contributed by atoms with Gasteiger partial charge in [-0.3, -0.25) is 4.90 Å². The predicted molar refractivity (Wildman–Crippen MR) is 55.8 cm³/mol. The van der Waals surface area contributed by atoms with Crippen molar-refractivity contribution in [3.63, 3.8) is 0 Å². The molecule has 2 atom stereocenters. The maximum absolute atomic E-state index is 9.58. The molecule has 1 aliphatic rings. The van der Waals surface area contributed by atoms with Crippen LogP contribution in [0.3, 0.4) is 0 Å². The van der Waals surface area contributed by atoms with E-state index in [1.807, 2.05) is 0 Å². The number of aliphatic hydroxyl groups excluding tert-OH is 1. The van der Waals surface area contributed by atoms with E-state index in [0.717, 1.165) is 13.0 Å². The van der Waals surface area contributed by atoms with Gasteiger partial charge >= 0.3 is 0 Å². The number of rotatable bonds is 4. The smallest absolute Gasteiger partial charge is 0.0682 e. The van der Waals surface area contributed by atoms with Crippen LogP contribution >= 0.6 is 0 Å². The van der Waals surface area contributed by atoms with E-state index >= 15 is 0 Å². The van der Waals surface area contributed by atoms with Crippen LogP contribution in [0.15, 0.2) is 0 Å². The second-order valence-corrected chi connectivity index (χ2v) is 4.48. The Morgan fingerprint density at radius 1 is 1.46 bits per heavy atom. The Bertz CT molecular complexity index is 147. The van der Waals surface area contributed by atoms with Crippen molar-refractivity contribution in [1.29, 1.82) is 0 Å². The van der Waals surface area contributed by atoms with Crippen LogP contribution in [0.2, 0.25) is 0 Å². The number of unbranched alkanes of at least 4 members (excludes halogenated alkanes) is 1. The Labute approximate surface area is 81.9 Å². The summed E-state index contributed by atoms with van der Waals surface area (Å²) in [5.74, 6) is 0. The molecule has 0 saturated carbocycles. The summed E-state index contributed by atoms with van der Waals surface area (Å²) >= 11 is 0. The zero-order chi connectivity index (χ0) is 9.84. The molecule has 0 unspecified atom stereocenters. The summed E-state index contributed by atoms with van der Waals surface area (Å²) in [6.45, 7) is 7.55. The van der Waals surface area contributed by atoms with E-state index < -0.39 is 0 Å². The van der Waals surface area contributed by atoms with Crippen LogP contribution in [0.25, 0.3) is 0 Å². The highest BCUT2D eigenvalue weighted by molar-refractivity contribution is 4.86. The number of β-amino-alcohol motifs (C(OH)–C–C–N with tert-alkyl or cyclic N) is 1. The lowest BCUT2D eigenvalue weighted by atomic mass is 10.1. The lowest BCUT2D eigenvalue weighted by molar-refractivity contribution is 0.157. The van der Waals surface area contributed by atoms with E-state index in [0.29, 0.717) is 12.1 Å². The summed E-state index contributed by atoms with van der Waals surface area (Å²) in [6, 6.07) is 1.22. The van der Waals surface area contributed by atoms with Crippen LogP contribution in [-0.2, 0) is 0 Å². The summed E-state index contributed by atoms with van der Waals surface area (Å²) in [4.78, 5) is 2.44. The lowest BCUT2D eigenvalue weighted by Crippen LogP contribution is -2.35. The van der Waals surface area contributed by atoms with Gasteiger partial charge in [-0.2, -0.15) is 0 Å². The average Bonchev–Trinajstić information content (AvgIpc) is 2.43. The molecule has 78 valence electrons. The number of hydrogen-bond acceptors (Lipinski definition) is 2. The highest BCUT2D eigenvalue weighted by Gasteiger charge is 2.31. The van der Waals surface area contributed by atoms with Gasteiger partial charge < -0.3 is 5.11 Å². The van der Waals surface area contributed by atoms with E-state index in [1.54, 1.807) is 0 Å². The molecule has 0 bridgehead atoms. The molecule has 0 aromatic carbocycles.